The highest BCUT2D eigenvalue weighted by molar-refractivity contribution is 5.68. The second-order valence-electron chi connectivity index (χ2n) is 7.31. The van der Waals surface area contributed by atoms with Crippen molar-refractivity contribution in [1.29, 1.82) is 0 Å². The van der Waals surface area contributed by atoms with Crippen molar-refractivity contribution in [3.8, 4) is 5.75 Å². The predicted octanol–water partition coefficient (Wildman–Crippen LogP) is 3.49. The molecule has 0 unspecified atom stereocenters. The highest BCUT2D eigenvalue weighted by Crippen LogP contribution is 2.19. The van der Waals surface area contributed by atoms with E-state index in [1.165, 1.54) is 0 Å². The highest BCUT2D eigenvalue weighted by Gasteiger charge is 2.24. The van der Waals surface area contributed by atoms with E-state index in [9.17, 15) is 4.79 Å². The van der Waals surface area contributed by atoms with E-state index in [4.69, 9.17) is 9.47 Å². The van der Waals surface area contributed by atoms with E-state index < -0.39 is 5.60 Å². The Balaban J connectivity index is 1.57. The zero-order valence-corrected chi connectivity index (χ0v) is 15.0. The van der Waals surface area contributed by atoms with Crippen LogP contribution in [-0.2, 0) is 4.74 Å². The smallest absolute Gasteiger partial charge is 0.407 e. The van der Waals surface area contributed by atoms with Crippen LogP contribution in [0.4, 0.5) is 4.79 Å². The Labute approximate surface area is 145 Å². The first-order chi connectivity index (χ1) is 11.4. The van der Waals surface area contributed by atoms with Crippen molar-refractivity contribution < 1.29 is 14.3 Å². The number of carbonyl (C=O) groups is 1. The molecule has 0 aromatic heterocycles. The molecule has 0 atom stereocenters. The molecule has 5 heteroatoms. The number of alkyl carbamates (subject to hydrolysis) is 1. The summed E-state index contributed by atoms with van der Waals surface area (Å²) in [5, 5.41) is 6.51. The van der Waals surface area contributed by atoms with E-state index in [1.807, 2.05) is 51.1 Å². The molecule has 1 amide bonds. The minimum atomic E-state index is -0.443. The first kappa shape index (κ1) is 18.6. The number of para-hydroxylation sites is 1. The number of hydrogen-bond acceptors (Lipinski definition) is 4. The van der Waals surface area contributed by atoms with Crippen LogP contribution in [-0.4, -0.2) is 36.9 Å². The van der Waals surface area contributed by atoms with Crippen LogP contribution in [0.1, 0.15) is 46.5 Å². The molecule has 2 N–H and O–H groups in total. The summed E-state index contributed by atoms with van der Waals surface area (Å²) in [4.78, 5) is 11.8. The molecular formula is C19H30N2O3. The van der Waals surface area contributed by atoms with Crippen LogP contribution in [0.5, 0.6) is 5.75 Å². The molecule has 5 nitrogen and oxygen atoms in total. The van der Waals surface area contributed by atoms with Crippen molar-refractivity contribution in [2.75, 3.05) is 13.2 Å². The third kappa shape index (κ3) is 7.21. The Kier molecular flexibility index (Phi) is 6.91. The van der Waals surface area contributed by atoms with Gasteiger partial charge in [0.05, 0.1) is 0 Å². The van der Waals surface area contributed by atoms with Crippen molar-refractivity contribution in [1.82, 2.24) is 10.6 Å². The van der Waals surface area contributed by atoms with E-state index >= 15 is 0 Å². The molecule has 1 aliphatic carbocycles. The molecule has 1 aromatic rings. The van der Waals surface area contributed by atoms with Crippen molar-refractivity contribution in [2.24, 2.45) is 0 Å². The van der Waals surface area contributed by atoms with Gasteiger partial charge in [-0.25, -0.2) is 4.79 Å². The Morgan fingerprint density at radius 1 is 1.08 bits per heavy atom. The maximum Gasteiger partial charge on any atom is 0.407 e. The average Bonchev–Trinajstić information content (AvgIpc) is 2.52. The molecule has 134 valence electrons. The van der Waals surface area contributed by atoms with Gasteiger partial charge in [0.15, 0.2) is 0 Å². The Hall–Kier alpha value is -1.75. The maximum absolute atomic E-state index is 11.8. The van der Waals surface area contributed by atoms with Crippen LogP contribution in [0.2, 0.25) is 0 Å². The van der Waals surface area contributed by atoms with Gasteiger partial charge in [-0.15, -0.1) is 0 Å². The Morgan fingerprint density at radius 2 is 1.71 bits per heavy atom. The van der Waals surface area contributed by atoms with Crippen molar-refractivity contribution in [3.05, 3.63) is 30.3 Å². The maximum atomic E-state index is 11.8. The fourth-order valence-corrected chi connectivity index (χ4v) is 2.86. The summed E-state index contributed by atoms with van der Waals surface area (Å²) in [5.74, 6) is 0.907. The third-order valence-electron chi connectivity index (χ3n) is 4.00. The summed E-state index contributed by atoms with van der Waals surface area (Å²) in [6.45, 7) is 7.14. The van der Waals surface area contributed by atoms with Crippen molar-refractivity contribution in [3.63, 3.8) is 0 Å². The van der Waals surface area contributed by atoms with Crippen molar-refractivity contribution >= 4 is 6.09 Å². The minimum absolute atomic E-state index is 0.221. The minimum Gasteiger partial charge on any atom is -0.492 e. The largest absolute Gasteiger partial charge is 0.492 e. The molecule has 0 aliphatic heterocycles. The van der Waals surface area contributed by atoms with E-state index in [2.05, 4.69) is 10.6 Å². The molecule has 2 rings (SSSR count). The molecular weight excluding hydrogens is 304 g/mol. The van der Waals surface area contributed by atoms with Gasteiger partial charge in [-0.3, -0.25) is 0 Å². The summed E-state index contributed by atoms with van der Waals surface area (Å²) < 4.78 is 11.0. The summed E-state index contributed by atoms with van der Waals surface area (Å²) in [6, 6.07) is 10.6. The molecule has 1 aliphatic rings. The molecule has 0 heterocycles. The van der Waals surface area contributed by atoms with Gasteiger partial charge in [-0.05, 0) is 58.6 Å². The van der Waals surface area contributed by atoms with Gasteiger partial charge >= 0.3 is 6.09 Å². The Bertz CT molecular complexity index is 491. The van der Waals surface area contributed by atoms with E-state index in [-0.39, 0.29) is 12.1 Å². The summed E-state index contributed by atoms with van der Waals surface area (Å²) in [5.41, 5.74) is -0.443. The molecule has 24 heavy (non-hydrogen) atoms. The number of amides is 1. The van der Waals surface area contributed by atoms with E-state index in [0.29, 0.717) is 12.6 Å². The summed E-state index contributed by atoms with van der Waals surface area (Å²) in [6.07, 6.45) is 3.78. The second kappa shape index (κ2) is 8.92. The second-order valence-corrected chi connectivity index (χ2v) is 7.31. The van der Waals surface area contributed by atoms with Gasteiger partial charge in [-0.2, -0.15) is 0 Å². The number of rotatable bonds is 6. The number of benzene rings is 1. The molecule has 1 fully saturated rings. The summed E-state index contributed by atoms with van der Waals surface area (Å²) in [7, 11) is 0. The molecule has 1 saturated carbocycles. The molecule has 1 aromatic carbocycles. The third-order valence-corrected chi connectivity index (χ3v) is 4.00. The van der Waals surface area contributed by atoms with Crippen LogP contribution in [0.15, 0.2) is 30.3 Å². The van der Waals surface area contributed by atoms with E-state index in [1.54, 1.807) is 0 Å². The molecule has 0 spiro atoms. The SMILES string of the molecule is CC(C)(C)OC(=O)N[C@H]1CC[C@@H](NCCOc2ccccc2)CC1. The lowest BCUT2D eigenvalue weighted by Crippen LogP contribution is -2.44. The first-order valence-electron chi connectivity index (χ1n) is 8.83. The predicted molar refractivity (Wildman–Crippen MR) is 95.4 cm³/mol. The zero-order chi connectivity index (χ0) is 17.4. The monoisotopic (exact) mass is 334 g/mol. The quantitative estimate of drug-likeness (QED) is 0.782. The topological polar surface area (TPSA) is 59.6 Å². The number of nitrogens with one attached hydrogen (secondary N) is 2. The van der Waals surface area contributed by atoms with Gasteiger partial charge < -0.3 is 20.1 Å². The average molecular weight is 334 g/mol. The van der Waals surface area contributed by atoms with Crippen LogP contribution in [0.25, 0.3) is 0 Å². The van der Waals surface area contributed by atoms with Crippen LogP contribution in [0, 0.1) is 0 Å². The first-order valence-corrected chi connectivity index (χ1v) is 8.83. The molecule has 0 radical (unpaired) electrons. The van der Waals surface area contributed by atoms with Gasteiger partial charge in [0, 0.05) is 18.6 Å². The summed E-state index contributed by atoms with van der Waals surface area (Å²) >= 11 is 0. The van der Waals surface area contributed by atoms with Crippen LogP contribution < -0.4 is 15.4 Å². The van der Waals surface area contributed by atoms with Gasteiger partial charge in [-0.1, -0.05) is 18.2 Å². The number of hydrogen-bond donors (Lipinski definition) is 2. The van der Waals surface area contributed by atoms with E-state index in [0.717, 1.165) is 38.0 Å². The lowest BCUT2D eigenvalue weighted by Gasteiger charge is -2.30. The van der Waals surface area contributed by atoms with Gasteiger partial charge in [0.25, 0.3) is 0 Å². The fourth-order valence-electron chi connectivity index (χ4n) is 2.86. The number of ether oxygens (including phenoxy) is 2. The standard InChI is InChI=1S/C19H30N2O3/c1-19(2,3)24-18(22)21-16-11-9-15(10-12-16)20-13-14-23-17-7-5-4-6-8-17/h4-8,15-16,20H,9-14H2,1-3H3,(H,21,22)/t15-,16+. The lowest BCUT2D eigenvalue weighted by molar-refractivity contribution is 0.0489. The van der Waals surface area contributed by atoms with Gasteiger partial charge in [0.2, 0.25) is 0 Å². The number of carbonyl (C=O) groups excluding carboxylic acids is 1. The van der Waals surface area contributed by atoms with Crippen LogP contribution in [0.3, 0.4) is 0 Å². The van der Waals surface area contributed by atoms with Crippen molar-refractivity contribution in [2.45, 2.75) is 64.1 Å². The van der Waals surface area contributed by atoms with Crippen LogP contribution >= 0.6 is 0 Å². The normalized spacial score (nSPS) is 21.1. The highest BCUT2D eigenvalue weighted by atomic mass is 16.6. The van der Waals surface area contributed by atoms with Gasteiger partial charge in [0.1, 0.15) is 18.0 Å². The lowest BCUT2D eigenvalue weighted by atomic mass is 9.91. The Morgan fingerprint density at radius 3 is 2.33 bits per heavy atom. The zero-order valence-electron chi connectivity index (χ0n) is 15.0. The fraction of sp³-hybridized carbons (Fsp3) is 0.632. The molecule has 0 saturated heterocycles. The molecule has 0 bridgehead atoms.